The normalized spacial score (nSPS) is 11.0. The van der Waals surface area contributed by atoms with Crippen LogP contribution < -0.4 is 10.0 Å². The maximum atomic E-state index is 13.0. The number of carbonyl (C=O) groups excluding carboxylic acids is 2. The van der Waals surface area contributed by atoms with Gasteiger partial charge in [0.1, 0.15) is 4.88 Å². The Labute approximate surface area is 211 Å². The number of ether oxygens (including phenoxy) is 1. The van der Waals surface area contributed by atoms with Gasteiger partial charge in [0.15, 0.2) is 0 Å². The lowest BCUT2D eigenvalue weighted by atomic mass is 10.1. The van der Waals surface area contributed by atoms with Crippen LogP contribution in [0, 0.1) is 0 Å². The maximum absolute atomic E-state index is 13.0. The van der Waals surface area contributed by atoms with Crippen molar-refractivity contribution in [2.24, 2.45) is 0 Å². The monoisotopic (exact) mass is 526 g/mol. The number of benzene rings is 3. The summed E-state index contributed by atoms with van der Waals surface area (Å²) in [5, 5.41) is 3.15. The Bertz CT molecular complexity index is 1480. The van der Waals surface area contributed by atoms with Crippen molar-refractivity contribution in [3.63, 3.8) is 0 Å². The number of esters is 1. The van der Waals surface area contributed by atoms with Crippen molar-refractivity contribution >= 4 is 56.2 Å². The van der Waals surface area contributed by atoms with Crippen molar-refractivity contribution in [3.8, 4) is 10.4 Å². The van der Waals surface area contributed by atoms with Crippen molar-refractivity contribution in [3.05, 3.63) is 100 Å². The molecule has 0 unspecified atom stereocenters. The largest absolute Gasteiger partial charge is 0.465 e. The first-order chi connectivity index (χ1) is 16.8. The molecule has 0 aliphatic heterocycles. The maximum Gasteiger partial charge on any atom is 0.350 e. The number of rotatable bonds is 7. The minimum atomic E-state index is -3.88. The summed E-state index contributed by atoms with van der Waals surface area (Å²) in [6, 6.07) is 22.9. The highest BCUT2D eigenvalue weighted by atomic mass is 35.5. The topological polar surface area (TPSA) is 102 Å². The zero-order valence-corrected chi connectivity index (χ0v) is 20.7. The highest BCUT2D eigenvalue weighted by molar-refractivity contribution is 7.92. The van der Waals surface area contributed by atoms with Gasteiger partial charge in [-0.2, -0.15) is 0 Å². The van der Waals surface area contributed by atoms with Crippen LogP contribution in [0.2, 0.25) is 5.02 Å². The molecule has 7 nitrogen and oxygen atoms in total. The van der Waals surface area contributed by atoms with Crippen molar-refractivity contribution in [2.45, 2.75) is 4.90 Å². The van der Waals surface area contributed by atoms with Gasteiger partial charge in [0, 0.05) is 21.2 Å². The quantitative estimate of drug-likeness (QED) is 0.291. The average molecular weight is 527 g/mol. The van der Waals surface area contributed by atoms with Gasteiger partial charge in [-0.15, -0.1) is 11.3 Å². The molecule has 10 heteroatoms. The SMILES string of the molecule is COC(=O)c1sc(-c2ccccc2)cc1NC(=O)c1cccc(NS(=O)(=O)c2ccc(Cl)cc2)c1. The lowest BCUT2D eigenvalue weighted by Crippen LogP contribution is -2.16. The Morgan fingerprint density at radius 1 is 0.914 bits per heavy atom. The third-order valence-corrected chi connectivity index (χ3v) is 7.72. The molecule has 1 aromatic heterocycles. The molecule has 0 saturated heterocycles. The smallest absolute Gasteiger partial charge is 0.350 e. The first kappa shape index (κ1) is 24.5. The second-order valence-corrected chi connectivity index (χ2v) is 10.5. The predicted molar refractivity (Wildman–Crippen MR) is 138 cm³/mol. The Morgan fingerprint density at radius 2 is 1.63 bits per heavy atom. The van der Waals surface area contributed by atoms with E-state index in [4.69, 9.17) is 16.3 Å². The van der Waals surface area contributed by atoms with Gasteiger partial charge in [-0.3, -0.25) is 9.52 Å². The Balaban J connectivity index is 1.58. The minimum absolute atomic E-state index is 0.0335. The molecule has 3 aromatic carbocycles. The van der Waals surface area contributed by atoms with Crippen LogP contribution in [-0.2, 0) is 14.8 Å². The van der Waals surface area contributed by atoms with Crippen LogP contribution in [0.25, 0.3) is 10.4 Å². The molecule has 0 bridgehead atoms. The molecule has 0 radical (unpaired) electrons. The summed E-state index contributed by atoms with van der Waals surface area (Å²) in [4.78, 5) is 26.4. The van der Waals surface area contributed by atoms with E-state index in [9.17, 15) is 18.0 Å². The van der Waals surface area contributed by atoms with Gasteiger partial charge in [-0.25, -0.2) is 13.2 Å². The summed E-state index contributed by atoms with van der Waals surface area (Å²) in [5.74, 6) is -1.09. The Kier molecular flexibility index (Phi) is 7.20. The summed E-state index contributed by atoms with van der Waals surface area (Å²) < 4.78 is 32.7. The van der Waals surface area contributed by atoms with E-state index < -0.39 is 21.9 Å². The third-order valence-electron chi connectivity index (χ3n) is 4.91. The highest BCUT2D eigenvalue weighted by Gasteiger charge is 2.21. The fourth-order valence-electron chi connectivity index (χ4n) is 3.22. The first-order valence-corrected chi connectivity index (χ1v) is 12.9. The molecule has 4 aromatic rings. The van der Waals surface area contributed by atoms with Crippen molar-refractivity contribution in [2.75, 3.05) is 17.1 Å². The Morgan fingerprint density at radius 3 is 2.31 bits per heavy atom. The summed E-state index contributed by atoms with van der Waals surface area (Å²) in [6.07, 6.45) is 0. The van der Waals surface area contributed by atoms with Crippen LogP contribution in [0.1, 0.15) is 20.0 Å². The third kappa shape index (κ3) is 5.71. The molecule has 0 aliphatic carbocycles. The van der Waals surface area contributed by atoms with E-state index in [2.05, 4.69) is 10.0 Å². The van der Waals surface area contributed by atoms with E-state index >= 15 is 0 Å². The molecule has 0 atom stereocenters. The number of hydrogen-bond acceptors (Lipinski definition) is 6. The van der Waals surface area contributed by atoms with Gasteiger partial charge in [0.2, 0.25) is 0 Å². The van der Waals surface area contributed by atoms with Gasteiger partial charge in [-0.1, -0.05) is 48.0 Å². The molecule has 0 aliphatic rings. The highest BCUT2D eigenvalue weighted by Crippen LogP contribution is 2.35. The zero-order chi connectivity index (χ0) is 25.0. The molecule has 1 heterocycles. The van der Waals surface area contributed by atoms with Crippen LogP contribution in [0.15, 0.2) is 89.8 Å². The number of nitrogens with one attached hydrogen (secondary N) is 2. The van der Waals surface area contributed by atoms with Gasteiger partial charge in [0.25, 0.3) is 15.9 Å². The number of amides is 1. The molecule has 35 heavy (non-hydrogen) atoms. The van der Waals surface area contributed by atoms with Crippen molar-refractivity contribution in [1.29, 1.82) is 0 Å². The van der Waals surface area contributed by atoms with E-state index in [0.717, 1.165) is 10.4 Å². The van der Waals surface area contributed by atoms with E-state index in [1.54, 1.807) is 12.1 Å². The van der Waals surface area contributed by atoms with Gasteiger partial charge < -0.3 is 10.1 Å². The minimum Gasteiger partial charge on any atom is -0.465 e. The van der Waals surface area contributed by atoms with Gasteiger partial charge in [0.05, 0.1) is 17.7 Å². The molecule has 2 N–H and O–H groups in total. The van der Waals surface area contributed by atoms with E-state index in [1.807, 2.05) is 30.3 Å². The molecule has 0 saturated carbocycles. The molecule has 0 fully saturated rings. The van der Waals surface area contributed by atoms with E-state index in [-0.39, 0.29) is 21.0 Å². The first-order valence-electron chi connectivity index (χ1n) is 10.2. The molecule has 4 rings (SSSR count). The molecule has 1 amide bonds. The van der Waals surface area contributed by atoms with Crippen LogP contribution in [0.3, 0.4) is 0 Å². The molecular formula is C25H19ClN2O5S2. The molecule has 0 spiro atoms. The second-order valence-electron chi connectivity index (χ2n) is 7.31. The number of carbonyl (C=O) groups is 2. The second kappa shape index (κ2) is 10.3. The lowest BCUT2D eigenvalue weighted by molar-refractivity contribution is 0.0607. The van der Waals surface area contributed by atoms with E-state index in [1.165, 1.54) is 60.9 Å². The van der Waals surface area contributed by atoms with Crippen molar-refractivity contribution in [1.82, 2.24) is 0 Å². The number of hydrogen-bond donors (Lipinski definition) is 2. The summed E-state index contributed by atoms with van der Waals surface area (Å²) in [7, 11) is -2.61. The van der Waals surface area contributed by atoms with Crippen LogP contribution in [0.5, 0.6) is 0 Å². The fourth-order valence-corrected chi connectivity index (χ4v) is 5.43. The average Bonchev–Trinajstić information content (AvgIpc) is 3.28. The number of methoxy groups -OCH3 is 1. The van der Waals surface area contributed by atoms with Crippen LogP contribution in [-0.4, -0.2) is 27.4 Å². The fraction of sp³-hybridized carbons (Fsp3) is 0.0400. The number of anilines is 2. The van der Waals surface area contributed by atoms with E-state index in [0.29, 0.717) is 10.7 Å². The summed E-state index contributed by atoms with van der Waals surface area (Å²) >= 11 is 7.03. The van der Waals surface area contributed by atoms with Crippen LogP contribution in [0.4, 0.5) is 11.4 Å². The van der Waals surface area contributed by atoms with Gasteiger partial charge in [-0.05, 0) is 54.1 Å². The molecular weight excluding hydrogens is 508 g/mol. The number of thiophene rings is 1. The van der Waals surface area contributed by atoms with Crippen molar-refractivity contribution < 1.29 is 22.7 Å². The lowest BCUT2D eigenvalue weighted by Gasteiger charge is -2.10. The van der Waals surface area contributed by atoms with Crippen LogP contribution >= 0.6 is 22.9 Å². The molecule has 178 valence electrons. The summed E-state index contributed by atoms with van der Waals surface area (Å²) in [6.45, 7) is 0. The predicted octanol–water partition coefficient (Wildman–Crippen LogP) is 5.91. The Hall–Kier alpha value is -3.66. The number of sulfonamides is 1. The van der Waals surface area contributed by atoms with Gasteiger partial charge >= 0.3 is 5.97 Å². The zero-order valence-electron chi connectivity index (χ0n) is 18.3. The number of halogens is 1. The summed E-state index contributed by atoms with van der Waals surface area (Å²) in [5.41, 5.74) is 1.60. The standard InChI is InChI=1S/C25H19ClN2O5S2/c1-33-25(30)23-21(15-22(34-23)16-6-3-2-4-7-16)27-24(29)17-8-5-9-19(14-17)28-35(31,32)20-12-10-18(26)11-13-20/h2-15,28H,1H3,(H,27,29).